The fraction of sp³-hybridized carbons (Fsp3) is 0.750. The molecule has 4 nitrogen and oxygen atoms in total. The molecule has 0 spiro atoms. The number of nitrogens with one attached hydrogen (secondary N) is 1. The van der Waals surface area contributed by atoms with E-state index in [2.05, 4.69) is 27.8 Å². The normalized spacial score (nSPS) is 26.3. The summed E-state index contributed by atoms with van der Waals surface area (Å²) in [5.41, 5.74) is 0.266. The van der Waals surface area contributed by atoms with Gasteiger partial charge in [0, 0.05) is 6.61 Å². The summed E-state index contributed by atoms with van der Waals surface area (Å²) in [5.74, 6) is 1.48. The molecule has 0 aliphatic heterocycles. The van der Waals surface area contributed by atoms with Crippen LogP contribution in [-0.2, 0) is 10.3 Å². The highest BCUT2D eigenvalue weighted by Crippen LogP contribution is 2.41. The molecule has 1 saturated carbocycles. The quantitative estimate of drug-likeness (QED) is 0.883. The van der Waals surface area contributed by atoms with Crippen LogP contribution in [0.2, 0.25) is 0 Å². The van der Waals surface area contributed by atoms with E-state index in [1.54, 1.807) is 0 Å². The van der Waals surface area contributed by atoms with Crippen molar-refractivity contribution in [3.05, 3.63) is 26.3 Å². The second-order valence-electron chi connectivity index (χ2n) is 6.40. The van der Waals surface area contributed by atoms with Crippen LogP contribution in [0.5, 0.6) is 0 Å². The lowest BCUT2D eigenvalue weighted by molar-refractivity contribution is -0.0884. The van der Waals surface area contributed by atoms with E-state index in [0.29, 0.717) is 22.8 Å². The van der Waals surface area contributed by atoms with Crippen LogP contribution in [0, 0.1) is 5.92 Å². The van der Waals surface area contributed by atoms with E-state index in [0.717, 1.165) is 25.0 Å². The van der Waals surface area contributed by atoms with Crippen molar-refractivity contribution < 1.29 is 4.74 Å². The maximum atomic E-state index is 12.2. The van der Waals surface area contributed by atoms with Crippen molar-refractivity contribution in [2.75, 3.05) is 6.61 Å². The monoisotopic (exact) mass is 356 g/mol. The average Bonchev–Trinajstić information content (AvgIpc) is 2.41. The number of halogens is 1. The molecule has 2 atom stereocenters. The van der Waals surface area contributed by atoms with E-state index >= 15 is 0 Å². The van der Waals surface area contributed by atoms with E-state index in [-0.39, 0.29) is 11.5 Å². The maximum absolute atomic E-state index is 12.2. The minimum absolute atomic E-state index is 0.110. The van der Waals surface area contributed by atoms with Crippen LogP contribution >= 0.6 is 15.9 Å². The fourth-order valence-corrected chi connectivity index (χ4v) is 3.91. The number of H-pyrrole nitrogens is 1. The van der Waals surface area contributed by atoms with Gasteiger partial charge >= 0.3 is 0 Å². The topological polar surface area (TPSA) is 55.0 Å². The van der Waals surface area contributed by atoms with Crippen molar-refractivity contribution in [3.8, 4) is 0 Å². The standard InChI is InChI=1S/C16H25BrN2O2/c1-5-21-16(8-6-7-11(4)9-16)15-18-13(10(2)3)12(17)14(20)19-15/h10-11H,5-9H2,1-4H3,(H,18,19,20). The van der Waals surface area contributed by atoms with Crippen LogP contribution in [0.1, 0.15) is 70.8 Å². The zero-order chi connectivity index (χ0) is 15.6. The molecule has 1 N–H and O–H groups in total. The van der Waals surface area contributed by atoms with Gasteiger partial charge in [0.2, 0.25) is 0 Å². The van der Waals surface area contributed by atoms with Gasteiger partial charge in [0.1, 0.15) is 15.9 Å². The largest absolute Gasteiger partial charge is 0.367 e. The van der Waals surface area contributed by atoms with Crippen LogP contribution in [0.4, 0.5) is 0 Å². The van der Waals surface area contributed by atoms with Crippen LogP contribution in [0.15, 0.2) is 9.27 Å². The minimum atomic E-state index is -0.435. The van der Waals surface area contributed by atoms with Crippen LogP contribution in [0.25, 0.3) is 0 Å². The highest BCUT2D eigenvalue weighted by molar-refractivity contribution is 9.10. The smallest absolute Gasteiger partial charge is 0.265 e. The lowest BCUT2D eigenvalue weighted by atomic mass is 9.78. The molecule has 1 aromatic heterocycles. The Balaban J connectivity index is 2.53. The second kappa shape index (κ2) is 6.61. The molecule has 0 aromatic carbocycles. The van der Waals surface area contributed by atoms with Crippen molar-refractivity contribution in [2.24, 2.45) is 5.92 Å². The molecular formula is C16H25BrN2O2. The Hall–Kier alpha value is -0.680. The fourth-order valence-electron chi connectivity index (χ4n) is 3.27. The van der Waals surface area contributed by atoms with Gasteiger partial charge in [0.25, 0.3) is 5.56 Å². The summed E-state index contributed by atoms with van der Waals surface area (Å²) >= 11 is 3.36. The van der Waals surface area contributed by atoms with E-state index in [9.17, 15) is 4.79 Å². The van der Waals surface area contributed by atoms with E-state index < -0.39 is 5.60 Å². The molecule has 0 saturated heterocycles. The molecule has 1 aliphatic rings. The Morgan fingerprint density at radius 3 is 2.81 bits per heavy atom. The summed E-state index contributed by atoms with van der Waals surface area (Å²) in [5, 5.41) is 0. The third kappa shape index (κ3) is 3.39. The highest BCUT2D eigenvalue weighted by Gasteiger charge is 2.40. The minimum Gasteiger partial charge on any atom is -0.367 e. The van der Waals surface area contributed by atoms with Crippen molar-refractivity contribution in [1.29, 1.82) is 0 Å². The zero-order valence-electron chi connectivity index (χ0n) is 13.3. The molecule has 0 amide bonds. The van der Waals surface area contributed by atoms with Gasteiger partial charge in [0.15, 0.2) is 0 Å². The molecule has 2 rings (SSSR count). The highest BCUT2D eigenvalue weighted by atomic mass is 79.9. The summed E-state index contributed by atoms with van der Waals surface area (Å²) in [7, 11) is 0. The number of aromatic nitrogens is 2. The van der Waals surface area contributed by atoms with Crippen molar-refractivity contribution in [3.63, 3.8) is 0 Å². The van der Waals surface area contributed by atoms with Crippen molar-refractivity contribution >= 4 is 15.9 Å². The predicted octanol–water partition coefficient (Wildman–Crippen LogP) is 4.10. The Kier molecular flexibility index (Phi) is 5.25. The average molecular weight is 357 g/mol. The SMILES string of the molecule is CCOC1(c2nc(C(C)C)c(Br)c(=O)[nH]2)CCCC(C)C1. The number of hydrogen-bond acceptors (Lipinski definition) is 3. The number of rotatable bonds is 4. The van der Waals surface area contributed by atoms with Gasteiger partial charge in [0.05, 0.1) is 5.69 Å². The van der Waals surface area contributed by atoms with Gasteiger partial charge in [-0.05, 0) is 54.0 Å². The summed E-state index contributed by atoms with van der Waals surface area (Å²) in [6, 6.07) is 0. The summed E-state index contributed by atoms with van der Waals surface area (Å²) in [4.78, 5) is 19.9. The van der Waals surface area contributed by atoms with Crippen molar-refractivity contribution in [1.82, 2.24) is 9.97 Å². The molecule has 118 valence electrons. The lowest BCUT2D eigenvalue weighted by Crippen LogP contribution is -2.39. The molecular weight excluding hydrogens is 332 g/mol. The summed E-state index contributed by atoms with van der Waals surface area (Å²) < 4.78 is 6.65. The Morgan fingerprint density at radius 2 is 2.24 bits per heavy atom. The van der Waals surface area contributed by atoms with Crippen LogP contribution < -0.4 is 5.56 Å². The Morgan fingerprint density at radius 1 is 1.52 bits per heavy atom. The van der Waals surface area contributed by atoms with E-state index in [1.165, 1.54) is 6.42 Å². The molecule has 1 heterocycles. The van der Waals surface area contributed by atoms with Gasteiger partial charge in [-0.1, -0.05) is 27.2 Å². The molecule has 1 fully saturated rings. The molecule has 21 heavy (non-hydrogen) atoms. The van der Waals surface area contributed by atoms with Gasteiger partial charge in [-0.2, -0.15) is 0 Å². The summed E-state index contributed by atoms with van der Waals surface area (Å²) in [6.45, 7) is 8.97. The first kappa shape index (κ1) is 16.7. The van der Waals surface area contributed by atoms with Gasteiger partial charge in [-0.25, -0.2) is 4.98 Å². The van der Waals surface area contributed by atoms with E-state index in [4.69, 9.17) is 9.72 Å². The van der Waals surface area contributed by atoms with Crippen molar-refractivity contribution in [2.45, 2.75) is 64.9 Å². The van der Waals surface area contributed by atoms with E-state index in [1.807, 2.05) is 20.8 Å². The first-order valence-electron chi connectivity index (χ1n) is 7.83. The lowest BCUT2D eigenvalue weighted by Gasteiger charge is -2.39. The van der Waals surface area contributed by atoms with Crippen LogP contribution in [0.3, 0.4) is 0 Å². The molecule has 1 aliphatic carbocycles. The third-order valence-electron chi connectivity index (χ3n) is 4.24. The zero-order valence-corrected chi connectivity index (χ0v) is 14.9. The Labute approximate surface area is 134 Å². The maximum Gasteiger partial charge on any atom is 0.265 e. The van der Waals surface area contributed by atoms with Gasteiger partial charge in [-0.15, -0.1) is 0 Å². The third-order valence-corrected chi connectivity index (χ3v) is 5.01. The first-order valence-corrected chi connectivity index (χ1v) is 8.63. The molecule has 5 heteroatoms. The first-order chi connectivity index (χ1) is 9.89. The molecule has 0 bridgehead atoms. The molecule has 2 unspecified atom stereocenters. The Bertz CT molecular complexity index is 552. The predicted molar refractivity (Wildman–Crippen MR) is 87.6 cm³/mol. The molecule has 0 radical (unpaired) electrons. The van der Waals surface area contributed by atoms with Gasteiger partial charge in [-0.3, -0.25) is 4.79 Å². The van der Waals surface area contributed by atoms with Crippen LogP contribution in [-0.4, -0.2) is 16.6 Å². The summed E-state index contributed by atoms with van der Waals surface area (Å²) in [6.07, 6.45) is 4.17. The number of ether oxygens (including phenoxy) is 1. The molecule has 1 aromatic rings. The van der Waals surface area contributed by atoms with Gasteiger partial charge < -0.3 is 9.72 Å². The number of hydrogen-bond donors (Lipinski definition) is 1. The number of nitrogens with zero attached hydrogens (tertiary/aromatic N) is 1. The number of aromatic amines is 1. The second-order valence-corrected chi connectivity index (χ2v) is 7.19.